The van der Waals surface area contributed by atoms with Crippen molar-refractivity contribution in [2.24, 2.45) is 0 Å². The van der Waals surface area contributed by atoms with Gasteiger partial charge in [0.15, 0.2) is 5.82 Å². The number of aryl methyl sites for hydroxylation is 1. The molecule has 1 heterocycles. The molecule has 184 valence electrons. The first-order valence-electron chi connectivity index (χ1n) is 13.4. The minimum absolute atomic E-state index is 0.340. The van der Waals surface area contributed by atoms with Gasteiger partial charge in [-0.1, -0.05) is 90.9 Å². The third kappa shape index (κ3) is 12.2. The maximum atomic E-state index is 10.0. The van der Waals surface area contributed by atoms with Gasteiger partial charge in [-0.05, 0) is 49.1 Å². The predicted molar refractivity (Wildman–Crippen MR) is 139 cm³/mol. The molecule has 1 aromatic heterocycles. The average Bonchev–Trinajstić information content (AvgIpc) is 2.85. The zero-order valence-corrected chi connectivity index (χ0v) is 21.1. The molecule has 2 aromatic rings. The summed E-state index contributed by atoms with van der Waals surface area (Å²) in [5.41, 5.74) is 2.20. The van der Waals surface area contributed by atoms with Gasteiger partial charge in [-0.15, -0.1) is 0 Å². The SMILES string of the molecule is CCCCCCCCCCCCc1cnc(-c2ccc(OCC(O)CCCCC)cc2)nc1. The quantitative estimate of drug-likeness (QED) is 0.219. The molecule has 0 saturated carbocycles. The van der Waals surface area contributed by atoms with Crippen LogP contribution in [0.2, 0.25) is 0 Å². The molecule has 0 bridgehead atoms. The van der Waals surface area contributed by atoms with Crippen LogP contribution in [0.1, 0.15) is 109 Å². The van der Waals surface area contributed by atoms with Crippen molar-refractivity contribution in [2.45, 2.75) is 116 Å². The topological polar surface area (TPSA) is 55.2 Å². The first-order valence-corrected chi connectivity index (χ1v) is 13.4. The lowest BCUT2D eigenvalue weighted by atomic mass is 10.0. The average molecular weight is 455 g/mol. The Morgan fingerprint density at radius 2 is 1.27 bits per heavy atom. The Labute approximate surface area is 202 Å². The summed E-state index contributed by atoms with van der Waals surface area (Å²) in [6.07, 6.45) is 22.3. The van der Waals surface area contributed by atoms with Crippen LogP contribution in [0.15, 0.2) is 36.7 Å². The Bertz CT molecular complexity index is 715. The van der Waals surface area contributed by atoms with Gasteiger partial charge in [0.2, 0.25) is 0 Å². The van der Waals surface area contributed by atoms with E-state index in [1.165, 1.54) is 69.8 Å². The summed E-state index contributed by atoms with van der Waals surface area (Å²) >= 11 is 0. The molecular weight excluding hydrogens is 408 g/mol. The predicted octanol–water partition coefficient (Wildman–Crippen LogP) is 7.93. The molecule has 4 nitrogen and oxygen atoms in total. The number of hydrogen-bond acceptors (Lipinski definition) is 4. The molecule has 0 aliphatic rings. The lowest BCUT2D eigenvalue weighted by Crippen LogP contribution is -2.17. The molecule has 2 rings (SSSR count). The highest BCUT2D eigenvalue weighted by molar-refractivity contribution is 5.55. The van der Waals surface area contributed by atoms with Gasteiger partial charge < -0.3 is 9.84 Å². The van der Waals surface area contributed by atoms with Crippen molar-refractivity contribution in [3.8, 4) is 17.1 Å². The summed E-state index contributed by atoms with van der Waals surface area (Å²) in [7, 11) is 0. The maximum absolute atomic E-state index is 10.0. The molecule has 1 aromatic carbocycles. The number of ether oxygens (including phenoxy) is 1. The normalized spacial score (nSPS) is 12.1. The summed E-state index contributed by atoms with van der Waals surface area (Å²) < 4.78 is 5.72. The molecule has 0 amide bonds. The van der Waals surface area contributed by atoms with E-state index in [1.54, 1.807) is 0 Å². The number of aromatic nitrogens is 2. The molecule has 1 unspecified atom stereocenters. The van der Waals surface area contributed by atoms with Crippen LogP contribution in [0, 0.1) is 0 Å². The summed E-state index contributed by atoms with van der Waals surface area (Å²) in [5, 5.41) is 10.0. The first kappa shape index (κ1) is 27.3. The third-order valence-corrected chi connectivity index (χ3v) is 6.22. The fraction of sp³-hybridized carbons (Fsp3) is 0.655. The second kappa shape index (κ2) is 17.5. The standard InChI is InChI=1S/C29H46N2O2/c1-3-5-7-8-9-10-11-12-13-15-16-25-22-30-29(31-23-25)26-18-20-28(21-19-26)33-24-27(32)17-14-6-4-2/h18-23,27,32H,3-17,24H2,1-2H3. The van der Waals surface area contributed by atoms with Gasteiger partial charge in [-0.25, -0.2) is 9.97 Å². The Balaban J connectivity index is 1.62. The van der Waals surface area contributed by atoms with Crippen molar-refractivity contribution < 1.29 is 9.84 Å². The number of nitrogens with zero attached hydrogens (tertiary/aromatic N) is 2. The third-order valence-electron chi connectivity index (χ3n) is 6.22. The smallest absolute Gasteiger partial charge is 0.159 e. The van der Waals surface area contributed by atoms with Crippen molar-refractivity contribution in [3.63, 3.8) is 0 Å². The van der Waals surface area contributed by atoms with Crippen molar-refractivity contribution >= 4 is 0 Å². The molecule has 0 fully saturated rings. The number of unbranched alkanes of at least 4 members (excludes halogenated alkanes) is 11. The van der Waals surface area contributed by atoms with Crippen LogP contribution in [-0.4, -0.2) is 27.8 Å². The molecule has 0 radical (unpaired) electrons. The number of rotatable bonds is 19. The molecule has 0 saturated heterocycles. The van der Waals surface area contributed by atoms with Crippen LogP contribution in [0.25, 0.3) is 11.4 Å². The molecule has 33 heavy (non-hydrogen) atoms. The minimum Gasteiger partial charge on any atom is -0.491 e. The van der Waals surface area contributed by atoms with E-state index in [0.717, 1.165) is 49.2 Å². The largest absolute Gasteiger partial charge is 0.491 e. The van der Waals surface area contributed by atoms with Crippen molar-refractivity contribution in [1.29, 1.82) is 0 Å². The van der Waals surface area contributed by atoms with Crippen LogP contribution in [0.3, 0.4) is 0 Å². The molecule has 1 N–H and O–H groups in total. The van der Waals surface area contributed by atoms with Crippen LogP contribution in [0.4, 0.5) is 0 Å². The highest BCUT2D eigenvalue weighted by Crippen LogP contribution is 2.20. The number of aliphatic hydroxyl groups is 1. The number of benzene rings is 1. The Hall–Kier alpha value is -1.94. The van der Waals surface area contributed by atoms with E-state index in [0.29, 0.717) is 6.61 Å². The van der Waals surface area contributed by atoms with Gasteiger partial charge in [0.05, 0.1) is 6.10 Å². The van der Waals surface area contributed by atoms with Crippen LogP contribution < -0.4 is 4.74 Å². The maximum Gasteiger partial charge on any atom is 0.159 e. The van der Waals surface area contributed by atoms with Gasteiger partial charge >= 0.3 is 0 Å². The molecule has 4 heteroatoms. The van der Waals surface area contributed by atoms with Crippen molar-refractivity contribution in [3.05, 3.63) is 42.2 Å². The Morgan fingerprint density at radius 1 is 0.727 bits per heavy atom. The van der Waals surface area contributed by atoms with Crippen LogP contribution in [0.5, 0.6) is 5.75 Å². The summed E-state index contributed by atoms with van der Waals surface area (Å²) in [6.45, 7) is 4.78. The van der Waals surface area contributed by atoms with Gasteiger partial charge in [0.1, 0.15) is 12.4 Å². The lowest BCUT2D eigenvalue weighted by Gasteiger charge is -2.12. The van der Waals surface area contributed by atoms with E-state index in [4.69, 9.17) is 4.74 Å². The van der Waals surface area contributed by atoms with E-state index < -0.39 is 6.10 Å². The second-order valence-corrected chi connectivity index (χ2v) is 9.33. The zero-order valence-electron chi connectivity index (χ0n) is 21.1. The first-order chi connectivity index (χ1) is 16.2. The lowest BCUT2D eigenvalue weighted by molar-refractivity contribution is 0.0976. The summed E-state index contributed by atoms with van der Waals surface area (Å²) in [4.78, 5) is 9.13. The van der Waals surface area contributed by atoms with Crippen molar-refractivity contribution in [2.75, 3.05) is 6.61 Å². The Morgan fingerprint density at radius 3 is 1.88 bits per heavy atom. The molecule has 0 aliphatic heterocycles. The number of hydrogen-bond donors (Lipinski definition) is 1. The fourth-order valence-corrected chi connectivity index (χ4v) is 4.06. The van der Waals surface area contributed by atoms with E-state index >= 15 is 0 Å². The molecule has 1 atom stereocenters. The van der Waals surface area contributed by atoms with Gasteiger partial charge in [0, 0.05) is 18.0 Å². The minimum atomic E-state index is -0.400. The molecule has 0 aliphatic carbocycles. The molecule has 0 spiro atoms. The Kier molecular flexibility index (Phi) is 14.5. The summed E-state index contributed by atoms with van der Waals surface area (Å²) in [5.74, 6) is 1.51. The highest BCUT2D eigenvalue weighted by atomic mass is 16.5. The van der Waals surface area contributed by atoms with E-state index in [-0.39, 0.29) is 0 Å². The van der Waals surface area contributed by atoms with E-state index in [9.17, 15) is 5.11 Å². The van der Waals surface area contributed by atoms with Gasteiger partial charge in [0.25, 0.3) is 0 Å². The van der Waals surface area contributed by atoms with E-state index in [2.05, 4.69) is 23.8 Å². The summed E-state index contributed by atoms with van der Waals surface area (Å²) in [6, 6.07) is 7.82. The van der Waals surface area contributed by atoms with Crippen LogP contribution in [-0.2, 0) is 6.42 Å². The van der Waals surface area contributed by atoms with E-state index in [1.807, 2.05) is 36.7 Å². The molecular formula is C29H46N2O2. The van der Waals surface area contributed by atoms with Crippen LogP contribution >= 0.6 is 0 Å². The monoisotopic (exact) mass is 454 g/mol. The van der Waals surface area contributed by atoms with Gasteiger partial charge in [-0.3, -0.25) is 0 Å². The zero-order chi connectivity index (χ0) is 23.6. The highest BCUT2D eigenvalue weighted by Gasteiger charge is 2.06. The van der Waals surface area contributed by atoms with Gasteiger partial charge in [-0.2, -0.15) is 0 Å². The van der Waals surface area contributed by atoms with Crippen molar-refractivity contribution in [1.82, 2.24) is 9.97 Å². The number of aliphatic hydroxyl groups excluding tert-OH is 1. The fourth-order valence-electron chi connectivity index (χ4n) is 4.06. The second-order valence-electron chi connectivity index (χ2n) is 9.33.